The molecule has 0 bridgehead atoms. The third kappa shape index (κ3) is 6.05. The predicted octanol–water partition coefficient (Wildman–Crippen LogP) is 2.31. The van der Waals surface area contributed by atoms with E-state index in [-0.39, 0.29) is 6.61 Å². The molecule has 2 heterocycles. The number of nitrogens with one attached hydrogen (secondary N) is 1. The summed E-state index contributed by atoms with van der Waals surface area (Å²) in [4.78, 5) is 50.1. The van der Waals surface area contributed by atoms with Crippen molar-refractivity contribution < 1.29 is 42.9 Å². The van der Waals surface area contributed by atoms with Crippen LogP contribution in [-0.2, 0) is 28.5 Å². The van der Waals surface area contributed by atoms with E-state index in [1.165, 1.54) is 0 Å². The summed E-state index contributed by atoms with van der Waals surface area (Å²) >= 11 is 0. The second-order valence-corrected chi connectivity index (χ2v) is 9.50. The number of hydrogen-bond donors (Lipinski definition) is 1. The minimum atomic E-state index is -1.39. The summed E-state index contributed by atoms with van der Waals surface area (Å²) < 4.78 is 26.8. The molecule has 0 aromatic carbocycles. The van der Waals surface area contributed by atoms with Crippen LogP contribution < -0.4 is 5.32 Å². The molecular weight excluding hydrogens is 400 g/mol. The van der Waals surface area contributed by atoms with Crippen LogP contribution in [0.15, 0.2) is 0 Å². The van der Waals surface area contributed by atoms with Crippen molar-refractivity contribution in [2.75, 3.05) is 6.61 Å². The van der Waals surface area contributed by atoms with Gasteiger partial charge in [0.05, 0.1) is 6.61 Å². The van der Waals surface area contributed by atoms with Gasteiger partial charge in [-0.15, -0.1) is 0 Å². The first kappa shape index (κ1) is 23.9. The molecule has 0 aromatic rings. The van der Waals surface area contributed by atoms with Gasteiger partial charge in [0.2, 0.25) is 0 Å². The van der Waals surface area contributed by atoms with Gasteiger partial charge in [-0.1, -0.05) is 0 Å². The second-order valence-electron chi connectivity index (χ2n) is 9.50. The van der Waals surface area contributed by atoms with Gasteiger partial charge in [-0.3, -0.25) is 4.79 Å². The highest BCUT2D eigenvalue weighted by Crippen LogP contribution is 2.29. The Labute approximate surface area is 175 Å². The first-order valence-electron chi connectivity index (χ1n) is 9.58. The molecule has 0 aromatic heterocycles. The molecule has 2 fully saturated rings. The molecule has 0 radical (unpaired) electrons. The number of amides is 4. The first-order valence-corrected chi connectivity index (χ1v) is 9.58. The highest BCUT2D eigenvalue weighted by Gasteiger charge is 2.53. The SMILES string of the molecule is CC(C)(C)OC(=O)O[C@H]([C@H]1COC(C)(C)O1)[C@H]1NC(=O)N(C(=O)OC(C)(C)C)C1=O. The molecule has 2 aliphatic rings. The number of imide groups is 3. The van der Waals surface area contributed by atoms with Crippen molar-refractivity contribution in [3.05, 3.63) is 0 Å². The lowest BCUT2D eigenvalue weighted by molar-refractivity contribution is -0.160. The Morgan fingerprint density at radius 2 is 1.67 bits per heavy atom. The van der Waals surface area contributed by atoms with Crippen molar-refractivity contribution in [3.8, 4) is 0 Å². The van der Waals surface area contributed by atoms with Gasteiger partial charge in [0.15, 0.2) is 17.9 Å². The fraction of sp³-hybridized carbons (Fsp3) is 0.789. The lowest BCUT2D eigenvalue weighted by Crippen LogP contribution is -2.52. The van der Waals surface area contributed by atoms with Crippen LogP contribution in [0.2, 0.25) is 0 Å². The van der Waals surface area contributed by atoms with E-state index >= 15 is 0 Å². The van der Waals surface area contributed by atoms with Crippen molar-refractivity contribution in [3.63, 3.8) is 0 Å². The molecular formula is C19H30N2O9. The largest absolute Gasteiger partial charge is 0.509 e. The monoisotopic (exact) mass is 430 g/mol. The third-order valence-corrected chi connectivity index (χ3v) is 3.89. The molecule has 3 atom stereocenters. The van der Waals surface area contributed by atoms with E-state index in [4.69, 9.17) is 23.7 Å². The summed E-state index contributed by atoms with van der Waals surface area (Å²) in [7, 11) is 0. The quantitative estimate of drug-likeness (QED) is 0.529. The zero-order chi connectivity index (χ0) is 23.1. The van der Waals surface area contributed by atoms with Crippen LogP contribution in [0.3, 0.4) is 0 Å². The Kier molecular flexibility index (Phi) is 6.39. The Bertz CT molecular complexity index is 720. The Balaban J connectivity index is 2.25. The number of carbonyl (C=O) groups is 4. The van der Waals surface area contributed by atoms with Gasteiger partial charge in [0, 0.05) is 0 Å². The highest BCUT2D eigenvalue weighted by molar-refractivity contribution is 6.15. The third-order valence-electron chi connectivity index (χ3n) is 3.89. The summed E-state index contributed by atoms with van der Waals surface area (Å²) in [5.74, 6) is -1.92. The Morgan fingerprint density at radius 3 is 2.13 bits per heavy atom. The molecule has 4 amide bonds. The van der Waals surface area contributed by atoms with Gasteiger partial charge in [0.1, 0.15) is 17.3 Å². The van der Waals surface area contributed by atoms with Crippen molar-refractivity contribution in [1.29, 1.82) is 0 Å². The summed E-state index contributed by atoms with van der Waals surface area (Å²) in [6.07, 6.45) is -4.38. The number of carbonyl (C=O) groups excluding carboxylic acids is 4. The van der Waals surface area contributed by atoms with Gasteiger partial charge < -0.3 is 29.0 Å². The zero-order valence-corrected chi connectivity index (χ0v) is 18.6. The number of ether oxygens (including phenoxy) is 5. The summed E-state index contributed by atoms with van der Waals surface area (Å²) in [6.45, 7) is 13.0. The maximum atomic E-state index is 12.9. The van der Waals surface area contributed by atoms with E-state index in [1.54, 1.807) is 55.4 Å². The van der Waals surface area contributed by atoms with Gasteiger partial charge in [-0.25, -0.2) is 14.4 Å². The van der Waals surface area contributed by atoms with Gasteiger partial charge in [-0.2, -0.15) is 4.90 Å². The van der Waals surface area contributed by atoms with Crippen LogP contribution in [0.4, 0.5) is 14.4 Å². The van der Waals surface area contributed by atoms with E-state index in [1.807, 2.05) is 0 Å². The normalized spacial score (nSPS) is 25.0. The van der Waals surface area contributed by atoms with Crippen LogP contribution in [0.1, 0.15) is 55.4 Å². The molecule has 0 aliphatic carbocycles. The summed E-state index contributed by atoms with van der Waals surface area (Å²) in [5, 5.41) is 2.36. The van der Waals surface area contributed by atoms with Crippen LogP contribution in [0.5, 0.6) is 0 Å². The molecule has 2 aliphatic heterocycles. The van der Waals surface area contributed by atoms with Gasteiger partial charge in [0.25, 0.3) is 5.91 Å². The molecule has 2 saturated heterocycles. The Hall–Kier alpha value is -2.40. The second kappa shape index (κ2) is 8.03. The van der Waals surface area contributed by atoms with Crippen molar-refractivity contribution >= 4 is 24.2 Å². The molecule has 0 saturated carbocycles. The minimum absolute atomic E-state index is 0.00739. The maximum Gasteiger partial charge on any atom is 0.509 e. The van der Waals surface area contributed by atoms with Gasteiger partial charge >= 0.3 is 18.3 Å². The molecule has 0 spiro atoms. The molecule has 170 valence electrons. The summed E-state index contributed by atoms with van der Waals surface area (Å²) in [5.41, 5.74) is -1.77. The number of nitrogens with zero attached hydrogens (tertiary/aromatic N) is 1. The highest BCUT2D eigenvalue weighted by atomic mass is 16.8. The van der Waals surface area contributed by atoms with E-state index in [0.717, 1.165) is 0 Å². The maximum absolute atomic E-state index is 12.9. The van der Waals surface area contributed by atoms with E-state index in [2.05, 4.69) is 5.32 Å². The first-order chi connectivity index (χ1) is 13.5. The molecule has 11 nitrogen and oxygen atoms in total. The summed E-state index contributed by atoms with van der Waals surface area (Å²) in [6, 6.07) is -2.38. The Morgan fingerprint density at radius 1 is 1.10 bits per heavy atom. The van der Waals surface area contributed by atoms with Crippen molar-refractivity contribution in [2.24, 2.45) is 0 Å². The average molecular weight is 430 g/mol. The fourth-order valence-electron chi connectivity index (χ4n) is 2.82. The van der Waals surface area contributed by atoms with E-state index in [0.29, 0.717) is 4.90 Å². The van der Waals surface area contributed by atoms with Crippen LogP contribution in [0, 0.1) is 0 Å². The number of hydrogen-bond acceptors (Lipinski definition) is 9. The van der Waals surface area contributed by atoms with Gasteiger partial charge in [-0.05, 0) is 55.4 Å². The average Bonchev–Trinajstić information content (AvgIpc) is 3.00. The fourth-order valence-corrected chi connectivity index (χ4v) is 2.82. The van der Waals surface area contributed by atoms with Crippen LogP contribution in [-0.4, -0.2) is 70.9 Å². The standard InChI is InChI=1S/C19H30N2O9/c1-17(2,3)29-15(24)21-13(22)11(20-14(21)23)12(10-9-26-19(7,8)28-10)27-16(25)30-18(4,5)6/h10-12H,9H2,1-8H3,(H,20,23)/t10-,11-,12-/m1/s1. The van der Waals surface area contributed by atoms with Crippen LogP contribution in [0.25, 0.3) is 0 Å². The molecule has 11 heteroatoms. The number of rotatable bonds is 3. The zero-order valence-electron chi connectivity index (χ0n) is 18.6. The van der Waals surface area contributed by atoms with Crippen LogP contribution >= 0.6 is 0 Å². The van der Waals surface area contributed by atoms with E-state index in [9.17, 15) is 19.2 Å². The lowest BCUT2D eigenvalue weighted by Gasteiger charge is -2.28. The minimum Gasteiger partial charge on any atom is -0.443 e. The molecule has 1 N–H and O–H groups in total. The van der Waals surface area contributed by atoms with Crippen molar-refractivity contribution in [2.45, 2.75) is 90.6 Å². The molecule has 30 heavy (non-hydrogen) atoms. The topological polar surface area (TPSA) is 130 Å². The smallest absolute Gasteiger partial charge is 0.443 e. The molecule has 2 rings (SSSR count). The van der Waals surface area contributed by atoms with E-state index < -0.39 is 59.4 Å². The van der Waals surface area contributed by atoms with Crippen molar-refractivity contribution in [1.82, 2.24) is 10.2 Å². The lowest BCUT2D eigenvalue weighted by atomic mass is 10.1. The number of urea groups is 1. The molecule has 0 unspecified atom stereocenters. The predicted molar refractivity (Wildman–Crippen MR) is 101 cm³/mol.